The highest BCUT2D eigenvalue weighted by atomic mass is 19.4. The van der Waals surface area contributed by atoms with Crippen LogP contribution in [-0.2, 0) is 24.1 Å². The van der Waals surface area contributed by atoms with Gasteiger partial charge in [0.05, 0.1) is 12.7 Å². The highest BCUT2D eigenvalue weighted by Gasteiger charge is 2.31. The number of rotatable bonds is 6. The number of carbonyl (C=O) groups is 1. The van der Waals surface area contributed by atoms with Gasteiger partial charge in [-0.3, -0.25) is 14.6 Å². The van der Waals surface area contributed by atoms with Crippen molar-refractivity contribution in [3.05, 3.63) is 65.2 Å². The molecule has 1 unspecified atom stereocenters. The Morgan fingerprint density at radius 1 is 0.912 bits per heavy atom. The molecule has 2 saturated heterocycles. The number of ether oxygens (including phenoxy) is 1. The molecule has 0 radical (unpaired) electrons. The number of hydrogen-bond acceptors (Lipinski definition) is 4. The average Bonchev–Trinajstić information content (AvgIpc) is 3.01. The Morgan fingerprint density at radius 3 is 2.32 bits per heavy atom. The Balaban J connectivity index is 1.29. The van der Waals surface area contributed by atoms with E-state index >= 15 is 0 Å². The molecule has 0 saturated carbocycles. The maximum absolute atomic E-state index is 13.0. The summed E-state index contributed by atoms with van der Waals surface area (Å²) in [5.41, 5.74) is 1.09. The maximum atomic E-state index is 13.0. The van der Waals surface area contributed by atoms with Crippen molar-refractivity contribution in [1.82, 2.24) is 14.7 Å². The first-order chi connectivity index (χ1) is 16.3. The summed E-state index contributed by atoms with van der Waals surface area (Å²) in [6.45, 7) is 5.53. The van der Waals surface area contributed by atoms with E-state index in [1.54, 1.807) is 18.1 Å². The lowest BCUT2D eigenvalue weighted by molar-refractivity contribution is -0.137. The lowest BCUT2D eigenvalue weighted by Crippen LogP contribution is -2.50. The van der Waals surface area contributed by atoms with Crippen molar-refractivity contribution in [2.24, 2.45) is 0 Å². The van der Waals surface area contributed by atoms with Crippen molar-refractivity contribution in [2.45, 2.75) is 44.6 Å². The van der Waals surface area contributed by atoms with Crippen LogP contribution in [0.1, 0.15) is 36.0 Å². The Labute approximate surface area is 199 Å². The molecule has 34 heavy (non-hydrogen) atoms. The van der Waals surface area contributed by atoms with Gasteiger partial charge in [-0.2, -0.15) is 13.2 Å². The Hall–Kier alpha value is -2.58. The van der Waals surface area contributed by atoms with Crippen LogP contribution < -0.4 is 4.74 Å². The van der Waals surface area contributed by atoms with E-state index in [0.29, 0.717) is 24.6 Å². The number of methoxy groups -OCH3 is 1. The first kappa shape index (κ1) is 24.5. The van der Waals surface area contributed by atoms with E-state index in [2.05, 4.69) is 21.9 Å². The molecule has 4 rings (SSSR count). The number of amides is 1. The van der Waals surface area contributed by atoms with Gasteiger partial charge in [0.15, 0.2) is 0 Å². The largest absolute Gasteiger partial charge is 0.497 e. The predicted molar refractivity (Wildman–Crippen MR) is 124 cm³/mol. The molecule has 0 spiro atoms. The van der Waals surface area contributed by atoms with Crippen molar-refractivity contribution in [2.75, 3.05) is 39.8 Å². The van der Waals surface area contributed by atoms with E-state index in [1.165, 1.54) is 11.6 Å². The molecule has 1 amide bonds. The second-order valence-corrected chi connectivity index (χ2v) is 9.16. The third kappa shape index (κ3) is 6.30. The molecule has 0 bridgehead atoms. The number of hydrogen-bond donors (Lipinski definition) is 0. The van der Waals surface area contributed by atoms with Crippen LogP contribution in [-0.4, -0.2) is 66.5 Å². The molecular formula is C26H32F3N3O2. The minimum absolute atomic E-state index is 0.0246. The second-order valence-electron chi connectivity index (χ2n) is 9.16. The number of nitrogens with zero attached hydrogens (tertiary/aromatic N) is 3. The molecule has 2 aliphatic heterocycles. The lowest BCUT2D eigenvalue weighted by atomic mass is 10.1. The van der Waals surface area contributed by atoms with Crippen LogP contribution in [0.2, 0.25) is 0 Å². The molecule has 2 aromatic rings. The quantitative estimate of drug-likeness (QED) is 0.620. The molecule has 0 aliphatic carbocycles. The molecule has 8 heteroatoms. The predicted octanol–water partition coefficient (Wildman–Crippen LogP) is 4.41. The fraction of sp³-hybridized carbons (Fsp3) is 0.500. The summed E-state index contributed by atoms with van der Waals surface area (Å²) in [7, 11) is 1.68. The van der Waals surface area contributed by atoms with Crippen molar-refractivity contribution in [3.8, 4) is 5.75 Å². The number of likely N-dealkylation sites (tertiary alicyclic amines) is 1. The Bertz CT molecular complexity index is 974. The Morgan fingerprint density at radius 2 is 1.62 bits per heavy atom. The van der Waals surface area contributed by atoms with Crippen LogP contribution in [0.5, 0.6) is 5.75 Å². The van der Waals surface area contributed by atoms with E-state index in [0.717, 1.165) is 63.4 Å². The van der Waals surface area contributed by atoms with Gasteiger partial charge in [0, 0.05) is 58.3 Å². The summed E-state index contributed by atoms with van der Waals surface area (Å²) in [6, 6.07) is 13.8. The summed E-state index contributed by atoms with van der Waals surface area (Å²) < 4.78 is 44.4. The highest BCUT2D eigenvalue weighted by Crippen LogP contribution is 2.30. The van der Waals surface area contributed by atoms with Gasteiger partial charge in [-0.25, -0.2) is 0 Å². The highest BCUT2D eigenvalue weighted by molar-refractivity contribution is 5.76. The van der Waals surface area contributed by atoms with Crippen LogP contribution in [0.3, 0.4) is 0 Å². The molecular weight excluding hydrogens is 443 g/mol. The zero-order valence-corrected chi connectivity index (χ0v) is 19.6. The summed E-state index contributed by atoms with van der Waals surface area (Å²) in [5, 5.41) is 0. The fourth-order valence-electron chi connectivity index (χ4n) is 4.94. The summed E-state index contributed by atoms with van der Waals surface area (Å²) >= 11 is 0. The van der Waals surface area contributed by atoms with E-state index in [9.17, 15) is 18.0 Å². The van der Waals surface area contributed by atoms with Crippen LogP contribution >= 0.6 is 0 Å². The molecule has 0 aromatic heterocycles. The van der Waals surface area contributed by atoms with Crippen LogP contribution in [0.15, 0.2) is 48.5 Å². The first-order valence-corrected chi connectivity index (χ1v) is 11.8. The molecule has 0 N–H and O–H groups in total. The van der Waals surface area contributed by atoms with Crippen molar-refractivity contribution in [1.29, 1.82) is 0 Å². The van der Waals surface area contributed by atoms with E-state index in [-0.39, 0.29) is 12.5 Å². The lowest BCUT2D eigenvalue weighted by Gasteiger charge is -2.39. The normalized spacial score (nSPS) is 20.9. The topological polar surface area (TPSA) is 36.0 Å². The summed E-state index contributed by atoms with van der Waals surface area (Å²) in [4.78, 5) is 19.3. The van der Waals surface area contributed by atoms with Crippen LogP contribution in [0.4, 0.5) is 13.2 Å². The van der Waals surface area contributed by atoms with Gasteiger partial charge < -0.3 is 9.64 Å². The number of carbonyl (C=O) groups excluding carboxylic acids is 1. The smallest absolute Gasteiger partial charge is 0.416 e. The van der Waals surface area contributed by atoms with Gasteiger partial charge in [-0.1, -0.05) is 24.3 Å². The van der Waals surface area contributed by atoms with E-state index < -0.39 is 11.7 Å². The third-order valence-corrected chi connectivity index (χ3v) is 6.87. The van der Waals surface area contributed by atoms with E-state index in [1.807, 2.05) is 12.1 Å². The molecule has 1 atom stereocenters. The van der Waals surface area contributed by atoms with Crippen molar-refractivity contribution >= 4 is 5.91 Å². The van der Waals surface area contributed by atoms with Gasteiger partial charge in [0.25, 0.3) is 0 Å². The molecule has 2 fully saturated rings. The SMILES string of the molecule is COc1cccc(CN2CCN(C3CCC(=O)N(Cc4cccc(C(F)(F)F)c4)CC3)CC2)c1. The number of piperazine rings is 1. The van der Waals surface area contributed by atoms with Gasteiger partial charge >= 0.3 is 6.18 Å². The molecule has 5 nitrogen and oxygen atoms in total. The monoisotopic (exact) mass is 475 g/mol. The molecule has 184 valence electrons. The zero-order chi connectivity index (χ0) is 24.1. The first-order valence-electron chi connectivity index (χ1n) is 11.8. The van der Waals surface area contributed by atoms with Gasteiger partial charge in [0.2, 0.25) is 5.91 Å². The molecule has 2 aliphatic rings. The van der Waals surface area contributed by atoms with Gasteiger partial charge in [-0.05, 0) is 48.2 Å². The number of halogens is 3. The van der Waals surface area contributed by atoms with Crippen molar-refractivity contribution in [3.63, 3.8) is 0 Å². The van der Waals surface area contributed by atoms with Crippen LogP contribution in [0, 0.1) is 0 Å². The summed E-state index contributed by atoms with van der Waals surface area (Å²) in [5.74, 6) is 0.894. The van der Waals surface area contributed by atoms with Crippen LogP contribution in [0.25, 0.3) is 0 Å². The van der Waals surface area contributed by atoms with Gasteiger partial charge in [0.1, 0.15) is 5.75 Å². The zero-order valence-electron chi connectivity index (χ0n) is 19.6. The molecule has 2 heterocycles. The summed E-state index contributed by atoms with van der Waals surface area (Å²) in [6.07, 6.45) is -2.29. The number of benzene rings is 2. The minimum atomic E-state index is -4.38. The second kappa shape index (κ2) is 10.8. The standard InChI is InChI=1S/C26H32F3N3O2/c1-34-24-7-3-5-21(17-24)18-30-12-14-31(15-13-30)23-8-9-25(33)32(11-10-23)19-20-4-2-6-22(16-20)26(27,28)29/h2-7,16-17,23H,8-15,18-19H2,1H3. The number of alkyl halides is 3. The third-order valence-electron chi connectivity index (χ3n) is 6.87. The average molecular weight is 476 g/mol. The Kier molecular flexibility index (Phi) is 7.78. The minimum Gasteiger partial charge on any atom is -0.497 e. The van der Waals surface area contributed by atoms with Crippen molar-refractivity contribution < 1.29 is 22.7 Å². The molecule has 2 aromatic carbocycles. The maximum Gasteiger partial charge on any atom is 0.416 e. The van der Waals surface area contributed by atoms with E-state index in [4.69, 9.17) is 4.74 Å². The van der Waals surface area contributed by atoms with Gasteiger partial charge in [-0.15, -0.1) is 0 Å². The fourth-order valence-corrected chi connectivity index (χ4v) is 4.94.